The summed E-state index contributed by atoms with van der Waals surface area (Å²) in [6.07, 6.45) is 4.33. The molecule has 104 valence electrons. The summed E-state index contributed by atoms with van der Waals surface area (Å²) in [5.74, 6) is 0.912. The van der Waals surface area contributed by atoms with Crippen molar-refractivity contribution in [1.82, 2.24) is 4.90 Å². The fourth-order valence-electron chi connectivity index (χ4n) is 2.43. The second-order valence-electron chi connectivity index (χ2n) is 5.39. The number of benzene rings is 1. The Balaban J connectivity index is 2.14. The summed E-state index contributed by atoms with van der Waals surface area (Å²) in [5, 5.41) is 0. The molecule has 1 saturated carbocycles. The van der Waals surface area contributed by atoms with Crippen molar-refractivity contribution in [1.29, 1.82) is 0 Å². The lowest BCUT2D eigenvalue weighted by Crippen LogP contribution is -2.34. The van der Waals surface area contributed by atoms with E-state index in [9.17, 15) is 4.79 Å². The molecule has 0 heterocycles. The third-order valence-electron chi connectivity index (χ3n) is 3.62. The van der Waals surface area contributed by atoms with Crippen molar-refractivity contribution in [3.8, 4) is 0 Å². The molecule has 19 heavy (non-hydrogen) atoms. The van der Waals surface area contributed by atoms with Gasteiger partial charge in [-0.05, 0) is 49.8 Å². The van der Waals surface area contributed by atoms with Gasteiger partial charge >= 0.3 is 0 Å². The van der Waals surface area contributed by atoms with Crippen molar-refractivity contribution in [2.24, 2.45) is 11.7 Å². The molecule has 0 radical (unpaired) electrons. The van der Waals surface area contributed by atoms with E-state index in [0.29, 0.717) is 6.54 Å². The average Bonchev–Trinajstić information content (AvgIpc) is 3.22. The van der Waals surface area contributed by atoms with E-state index in [2.05, 4.69) is 6.92 Å². The molecule has 2 N–H and O–H groups in total. The Morgan fingerprint density at radius 2 is 2.11 bits per heavy atom. The van der Waals surface area contributed by atoms with E-state index in [-0.39, 0.29) is 5.91 Å². The van der Waals surface area contributed by atoms with Gasteiger partial charge in [-0.3, -0.25) is 4.79 Å². The number of nitrogens with two attached hydrogens (primary N) is 1. The molecule has 0 aromatic heterocycles. The highest BCUT2D eigenvalue weighted by Crippen LogP contribution is 2.30. The van der Waals surface area contributed by atoms with Gasteiger partial charge in [0.2, 0.25) is 0 Å². The fraction of sp³-hybridized carbons (Fsp3) is 0.562. The highest BCUT2D eigenvalue weighted by atomic mass is 16.2. The van der Waals surface area contributed by atoms with Crippen LogP contribution in [-0.4, -0.2) is 30.4 Å². The lowest BCUT2D eigenvalue weighted by molar-refractivity contribution is 0.0746. The maximum absolute atomic E-state index is 12.7. The minimum Gasteiger partial charge on any atom is -0.338 e. The van der Waals surface area contributed by atoms with Gasteiger partial charge in [0.1, 0.15) is 0 Å². The first-order chi connectivity index (χ1) is 9.26. The van der Waals surface area contributed by atoms with Crippen LogP contribution in [-0.2, 0) is 6.42 Å². The smallest absolute Gasteiger partial charge is 0.254 e. The molecule has 0 atom stereocenters. The third kappa shape index (κ3) is 3.80. The largest absolute Gasteiger partial charge is 0.338 e. The van der Waals surface area contributed by atoms with Gasteiger partial charge in [-0.15, -0.1) is 0 Å². The molecule has 1 aliphatic carbocycles. The number of hydrogen-bond donors (Lipinski definition) is 1. The Bertz CT molecular complexity index is 427. The minimum absolute atomic E-state index is 0.179. The Morgan fingerprint density at radius 1 is 1.37 bits per heavy atom. The summed E-state index contributed by atoms with van der Waals surface area (Å²) in [4.78, 5) is 14.7. The van der Waals surface area contributed by atoms with Crippen molar-refractivity contribution >= 4 is 5.91 Å². The van der Waals surface area contributed by atoms with Crippen LogP contribution in [0.3, 0.4) is 0 Å². The molecule has 3 heteroatoms. The molecular formula is C16H24N2O. The standard InChI is InChI=1S/C16H24N2O/c1-2-11-18(12-13-7-8-13)16(19)15-6-4-3-5-14(15)9-10-17/h3-6,13H,2,7-12,17H2,1H3. The van der Waals surface area contributed by atoms with Crippen molar-refractivity contribution in [2.45, 2.75) is 32.6 Å². The molecule has 1 aliphatic rings. The van der Waals surface area contributed by atoms with Crippen LogP contribution in [0.1, 0.15) is 42.1 Å². The molecule has 3 nitrogen and oxygen atoms in total. The van der Waals surface area contributed by atoms with Crippen LogP contribution in [0.4, 0.5) is 0 Å². The van der Waals surface area contributed by atoms with Crippen LogP contribution in [0.15, 0.2) is 24.3 Å². The Kier molecular flexibility index (Phi) is 4.97. The zero-order valence-corrected chi connectivity index (χ0v) is 11.8. The molecule has 0 unspecified atom stereocenters. The van der Waals surface area contributed by atoms with Crippen molar-refractivity contribution in [2.75, 3.05) is 19.6 Å². The molecule has 0 saturated heterocycles. The van der Waals surface area contributed by atoms with Crippen molar-refractivity contribution in [3.63, 3.8) is 0 Å². The highest BCUT2D eigenvalue weighted by Gasteiger charge is 2.27. The zero-order valence-electron chi connectivity index (χ0n) is 11.8. The zero-order chi connectivity index (χ0) is 13.7. The molecular weight excluding hydrogens is 236 g/mol. The van der Waals surface area contributed by atoms with E-state index < -0.39 is 0 Å². The van der Waals surface area contributed by atoms with Crippen LogP contribution < -0.4 is 5.73 Å². The van der Waals surface area contributed by atoms with Gasteiger partial charge in [0.15, 0.2) is 0 Å². The van der Waals surface area contributed by atoms with E-state index in [1.807, 2.05) is 29.2 Å². The van der Waals surface area contributed by atoms with Gasteiger partial charge in [0.05, 0.1) is 0 Å². The lowest BCUT2D eigenvalue weighted by atomic mass is 10.0. The number of carbonyl (C=O) groups is 1. The van der Waals surface area contributed by atoms with Gasteiger partial charge in [0, 0.05) is 18.7 Å². The molecule has 2 rings (SSSR count). The lowest BCUT2D eigenvalue weighted by Gasteiger charge is -2.23. The van der Waals surface area contributed by atoms with E-state index in [0.717, 1.165) is 43.0 Å². The summed E-state index contributed by atoms with van der Waals surface area (Å²) in [6.45, 7) is 4.48. The van der Waals surface area contributed by atoms with E-state index in [1.54, 1.807) is 0 Å². The summed E-state index contributed by atoms with van der Waals surface area (Å²) < 4.78 is 0. The Hall–Kier alpha value is -1.35. The van der Waals surface area contributed by atoms with Crippen LogP contribution in [0.2, 0.25) is 0 Å². The van der Waals surface area contributed by atoms with Gasteiger partial charge in [-0.1, -0.05) is 25.1 Å². The van der Waals surface area contributed by atoms with Gasteiger partial charge in [0.25, 0.3) is 5.91 Å². The number of amides is 1. The van der Waals surface area contributed by atoms with Gasteiger partial charge in [-0.2, -0.15) is 0 Å². The maximum Gasteiger partial charge on any atom is 0.254 e. The number of nitrogens with zero attached hydrogens (tertiary/aromatic N) is 1. The molecule has 1 aromatic carbocycles. The van der Waals surface area contributed by atoms with E-state index in [4.69, 9.17) is 5.73 Å². The van der Waals surface area contributed by atoms with Crippen LogP contribution in [0, 0.1) is 5.92 Å². The summed E-state index contributed by atoms with van der Waals surface area (Å²) in [5.41, 5.74) is 7.54. The summed E-state index contributed by atoms with van der Waals surface area (Å²) in [6, 6.07) is 7.87. The normalized spacial score (nSPS) is 14.4. The van der Waals surface area contributed by atoms with Crippen molar-refractivity contribution in [3.05, 3.63) is 35.4 Å². The summed E-state index contributed by atoms with van der Waals surface area (Å²) >= 11 is 0. The average molecular weight is 260 g/mol. The van der Waals surface area contributed by atoms with Crippen molar-refractivity contribution < 1.29 is 4.79 Å². The number of rotatable bonds is 7. The minimum atomic E-state index is 0.179. The molecule has 1 aromatic rings. The Labute approximate surface area is 115 Å². The van der Waals surface area contributed by atoms with Crippen LogP contribution in [0.5, 0.6) is 0 Å². The first kappa shape index (κ1) is 14.1. The molecule has 0 bridgehead atoms. The fourth-order valence-corrected chi connectivity index (χ4v) is 2.43. The van der Waals surface area contributed by atoms with Crippen LogP contribution >= 0.6 is 0 Å². The van der Waals surface area contributed by atoms with Crippen LogP contribution in [0.25, 0.3) is 0 Å². The first-order valence-corrected chi connectivity index (χ1v) is 7.33. The first-order valence-electron chi connectivity index (χ1n) is 7.33. The molecule has 0 aliphatic heterocycles. The topological polar surface area (TPSA) is 46.3 Å². The number of hydrogen-bond acceptors (Lipinski definition) is 2. The summed E-state index contributed by atoms with van der Waals surface area (Å²) in [7, 11) is 0. The SMILES string of the molecule is CCCN(CC1CC1)C(=O)c1ccccc1CCN. The molecule has 1 amide bonds. The molecule has 1 fully saturated rings. The predicted molar refractivity (Wildman–Crippen MR) is 78.1 cm³/mol. The maximum atomic E-state index is 12.7. The van der Waals surface area contributed by atoms with E-state index in [1.165, 1.54) is 12.8 Å². The monoisotopic (exact) mass is 260 g/mol. The Morgan fingerprint density at radius 3 is 2.74 bits per heavy atom. The van der Waals surface area contributed by atoms with Gasteiger partial charge < -0.3 is 10.6 Å². The third-order valence-corrected chi connectivity index (χ3v) is 3.62. The predicted octanol–water partition coefficient (Wildman–Crippen LogP) is 2.45. The highest BCUT2D eigenvalue weighted by molar-refractivity contribution is 5.95. The van der Waals surface area contributed by atoms with Gasteiger partial charge in [-0.25, -0.2) is 0 Å². The number of carbonyl (C=O) groups excluding carboxylic acids is 1. The van der Waals surface area contributed by atoms with E-state index >= 15 is 0 Å². The quantitative estimate of drug-likeness (QED) is 0.818. The second-order valence-corrected chi connectivity index (χ2v) is 5.39. The molecule has 0 spiro atoms. The second kappa shape index (κ2) is 6.71.